The molecule has 0 aliphatic rings. The second kappa shape index (κ2) is 5.59. The van der Waals surface area contributed by atoms with Crippen molar-refractivity contribution in [3.8, 4) is 0 Å². The Balaban J connectivity index is 2.14. The lowest BCUT2D eigenvalue weighted by molar-refractivity contribution is 0.0701. The van der Waals surface area contributed by atoms with E-state index in [0.29, 0.717) is 15.8 Å². The largest absolute Gasteiger partial charge is 0.477 e. The Labute approximate surface area is 120 Å². The van der Waals surface area contributed by atoms with Crippen LogP contribution < -0.4 is 5.32 Å². The van der Waals surface area contributed by atoms with Crippen LogP contribution >= 0.6 is 22.9 Å². The van der Waals surface area contributed by atoms with E-state index in [2.05, 4.69) is 10.3 Å². The van der Waals surface area contributed by atoms with Crippen LogP contribution in [0.1, 0.15) is 33.9 Å². The van der Waals surface area contributed by atoms with Gasteiger partial charge in [-0.05, 0) is 31.5 Å². The summed E-state index contributed by atoms with van der Waals surface area (Å²) in [5.74, 6) is -0.942. The second-order valence-corrected chi connectivity index (χ2v) is 5.59. The highest BCUT2D eigenvalue weighted by Gasteiger charge is 2.15. The Bertz CT molecular complexity index is 595. The number of nitrogens with one attached hydrogen (secondary N) is 1. The molecule has 1 unspecified atom stereocenters. The predicted molar refractivity (Wildman–Crippen MR) is 77.3 cm³/mol. The van der Waals surface area contributed by atoms with Crippen LogP contribution in [0.25, 0.3) is 0 Å². The van der Waals surface area contributed by atoms with Crippen LogP contribution in [-0.4, -0.2) is 16.1 Å². The highest BCUT2D eigenvalue weighted by molar-refractivity contribution is 7.17. The fraction of sp³-hybridized carbons (Fsp3) is 0.231. The van der Waals surface area contributed by atoms with Gasteiger partial charge in [-0.25, -0.2) is 9.78 Å². The molecule has 0 radical (unpaired) electrons. The van der Waals surface area contributed by atoms with Gasteiger partial charge in [0.15, 0.2) is 5.13 Å². The van der Waals surface area contributed by atoms with Gasteiger partial charge in [-0.1, -0.05) is 35.1 Å². The molecule has 0 amide bonds. The summed E-state index contributed by atoms with van der Waals surface area (Å²) in [6, 6.07) is 7.54. The van der Waals surface area contributed by atoms with E-state index in [9.17, 15) is 4.79 Å². The summed E-state index contributed by atoms with van der Waals surface area (Å²) in [6.07, 6.45) is 0. The smallest absolute Gasteiger partial charge is 0.347 e. The summed E-state index contributed by atoms with van der Waals surface area (Å²) in [6.45, 7) is 3.68. The molecule has 0 fully saturated rings. The maximum atomic E-state index is 11.0. The number of aromatic carboxylic acids is 1. The third kappa shape index (κ3) is 3.24. The van der Waals surface area contributed by atoms with Crippen molar-refractivity contribution in [1.29, 1.82) is 0 Å². The number of aromatic nitrogens is 1. The molecule has 2 rings (SSSR count). The fourth-order valence-corrected chi connectivity index (χ4v) is 2.69. The topological polar surface area (TPSA) is 62.2 Å². The van der Waals surface area contributed by atoms with Gasteiger partial charge in [0.2, 0.25) is 0 Å². The standard InChI is InChI=1S/C13H13ClN2O2S/c1-7(9-3-5-10(14)6-4-9)15-13-16-8(2)11(19-13)12(17)18/h3-7H,1-2H3,(H,15,16)(H,17,18). The fourth-order valence-electron chi connectivity index (χ4n) is 1.68. The Morgan fingerprint density at radius 2 is 2.05 bits per heavy atom. The van der Waals surface area contributed by atoms with Crippen molar-refractivity contribution in [3.05, 3.63) is 45.4 Å². The number of hydrogen-bond acceptors (Lipinski definition) is 4. The summed E-state index contributed by atoms with van der Waals surface area (Å²) in [7, 11) is 0. The van der Waals surface area contributed by atoms with Crippen LogP contribution in [0, 0.1) is 6.92 Å². The van der Waals surface area contributed by atoms with Gasteiger partial charge in [0.25, 0.3) is 0 Å². The molecule has 0 aliphatic heterocycles. The molecule has 1 atom stereocenters. The van der Waals surface area contributed by atoms with Gasteiger partial charge in [0.05, 0.1) is 11.7 Å². The lowest BCUT2D eigenvalue weighted by Crippen LogP contribution is -2.05. The Kier molecular flexibility index (Phi) is 4.07. The monoisotopic (exact) mass is 296 g/mol. The van der Waals surface area contributed by atoms with E-state index in [-0.39, 0.29) is 10.9 Å². The van der Waals surface area contributed by atoms with Crippen molar-refractivity contribution in [3.63, 3.8) is 0 Å². The number of benzene rings is 1. The Hall–Kier alpha value is -1.59. The van der Waals surface area contributed by atoms with Crippen molar-refractivity contribution in [2.45, 2.75) is 19.9 Å². The minimum atomic E-state index is -0.942. The van der Waals surface area contributed by atoms with E-state index in [1.54, 1.807) is 6.92 Å². The normalized spacial score (nSPS) is 12.2. The van der Waals surface area contributed by atoms with Crippen molar-refractivity contribution in [2.24, 2.45) is 0 Å². The van der Waals surface area contributed by atoms with Crippen molar-refractivity contribution >= 4 is 34.0 Å². The average Bonchev–Trinajstić information content (AvgIpc) is 2.71. The SMILES string of the molecule is Cc1nc(NC(C)c2ccc(Cl)cc2)sc1C(=O)O. The Morgan fingerprint density at radius 1 is 1.42 bits per heavy atom. The average molecular weight is 297 g/mol. The first-order valence-corrected chi connectivity index (χ1v) is 6.89. The number of nitrogens with zero attached hydrogens (tertiary/aromatic N) is 1. The number of thiazole rings is 1. The number of hydrogen-bond donors (Lipinski definition) is 2. The number of halogens is 1. The number of rotatable bonds is 4. The van der Waals surface area contributed by atoms with Gasteiger partial charge >= 0.3 is 5.97 Å². The molecule has 100 valence electrons. The van der Waals surface area contributed by atoms with Gasteiger partial charge in [0, 0.05) is 5.02 Å². The molecule has 0 aliphatic carbocycles. The highest BCUT2D eigenvalue weighted by Crippen LogP contribution is 2.26. The zero-order valence-corrected chi connectivity index (χ0v) is 12.0. The van der Waals surface area contributed by atoms with Crippen LogP contribution in [0.5, 0.6) is 0 Å². The minimum absolute atomic E-state index is 0.0319. The van der Waals surface area contributed by atoms with Gasteiger partial charge < -0.3 is 10.4 Å². The van der Waals surface area contributed by atoms with E-state index in [4.69, 9.17) is 16.7 Å². The van der Waals surface area contributed by atoms with E-state index in [1.165, 1.54) is 0 Å². The maximum Gasteiger partial charge on any atom is 0.347 e. The summed E-state index contributed by atoms with van der Waals surface area (Å²) >= 11 is 6.99. The molecule has 6 heteroatoms. The van der Waals surface area contributed by atoms with Gasteiger partial charge in [-0.3, -0.25) is 0 Å². The number of aryl methyl sites for hydroxylation is 1. The predicted octanol–water partition coefficient (Wildman–Crippen LogP) is 3.98. The summed E-state index contributed by atoms with van der Waals surface area (Å²) in [5, 5.41) is 13.5. The quantitative estimate of drug-likeness (QED) is 0.896. The van der Waals surface area contributed by atoms with E-state index in [0.717, 1.165) is 16.9 Å². The first-order valence-electron chi connectivity index (χ1n) is 5.70. The first-order chi connectivity index (χ1) is 8.97. The molecular formula is C13H13ClN2O2S. The van der Waals surface area contributed by atoms with E-state index >= 15 is 0 Å². The number of carboxylic acid groups (broad SMARTS) is 1. The summed E-state index contributed by atoms with van der Waals surface area (Å²) in [4.78, 5) is 15.4. The molecular weight excluding hydrogens is 284 g/mol. The molecule has 0 spiro atoms. The minimum Gasteiger partial charge on any atom is -0.477 e. The zero-order chi connectivity index (χ0) is 14.0. The van der Waals surface area contributed by atoms with Crippen molar-refractivity contribution < 1.29 is 9.90 Å². The lowest BCUT2D eigenvalue weighted by Gasteiger charge is -2.13. The van der Waals surface area contributed by atoms with Gasteiger partial charge in [0.1, 0.15) is 4.88 Å². The van der Waals surface area contributed by atoms with E-state index < -0.39 is 5.97 Å². The Morgan fingerprint density at radius 3 is 2.58 bits per heavy atom. The maximum absolute atomic E-state index is 11.0. The molecule has 0 saturated heterocycles. The van der Waals surface area contributed by atoms with Crippen LogP contribution in [0.15, 0.2) is 24.3 Å². The molecule has 2 aromatic rings. The van der Waals surface area contributed by atoms with Gasteiger partial charge in [-0.2, -0.15) is 0 Å². The molecule has 0 bridgehead atoms. The van der Waals surface area contributed by atoms with E-state index in [1.807, 2.05) is 31.2 Å². The first kappa shape index (κ1) is 13.8. The number of carbonyl (C=O) groups is 1. The third-order valence-electron chi connectivity index (χ3n) is 2.70. The summed E-state index contributed by atoms with van der Waals surface area (Å²) < 4.78 is 0. The molecule has 2 N–H and O–H groups in total. The van der Waals surface area contributed by atoms with Crippen LogP contribution in [0.4, 0.5) is 5.13 Å². The van der Waals surface area contributed by atoms with Crippen LogP contribution in [0.2, 0.25) is 5.02 Å². The summed E-state index contributed by atoms with van der Waals surface area (Å²) in [5.41, 5.74) is 1.59. The molecule has 19 heavy (non-hydrogen) atoms. The lowest BCUT2D eigenvalue weighted by atomic mass is 10.1. The number of carboxylic acids is 1. The van der Waals surface area contributed by atoms with Crippen molar-refractivity contribution in [1.82, 2.24) is 4.98 Å². The van der Waals surface area contributed by atoms with Crippen LogP contribution in [0.3, 0.4) is 0 Å². The molecule has 0 saturated carbocycles. The molecule has 1 aromatic carbocycles. The third-order valence-corrected chi connectivity index (χ3v) is 4.03. The highest BCUT2D eigenvalue weighted by atomic mass is 35.5. The van der Waals surface area contributed by atoms with Crippen LogP contribution in [-0.2, 0) is 0 Å². The van der Waals surface area contributed by atoms with Gasteiger partial charge in [-0.15, -0.1) is 0 Å². The van der Waals surface area contributed by atoms with Crippen molar-refractivity contribution in [2.75, 3.05) is 5.32 Å². The molecule has 1 aromatic heterocycles. The molecule has 4 nitrogen and oxygen atoms in total. The number of anilines is 1. The zero-order valence-electron chi connectivity index (χ0n) is 10.5. The molecule has 1 heterocycles. The second-order valence-electron chi connectivity index (χ2n) is 4.16.